The first-order valence-electron chi connectivity index (χ1n) is 8.33. The molecule has 0 spiro atoms. The van der Waals surface area contributed by atoms with Crippen molar-refractivity contribution in [1.82, 2.24) is 15.5 Å². The molecule has 0 saturated carbocycles. The molecular formula is C19H28N4OS. The van der Waals surface area contributed by atoms with E-state index >= 15 is 0 Å². The van der Waals surface area contributed by atoms with E-state index in [0.29, 0.717) is 0 Å². The van der Waals surface area contributed by atoms with Gasteiger partial charge in [0.2, 0.25) is 0 Å². The molecule has 6 heteroatoms. The van der Waals surface area contributed by atoms with Crippen molar-refractivity contribution in [2.45, 2.75) is 19.5 Å². The number of likely N-dealkylation sites (N-methyl/N-ethyl adjacent to an activating group) is 1. The zero-order valence-electron chi connectivity index (χ0n) is 15.7. The third-order valence-corrected chi connectivity index (χ3v) is 5.22. The summed E-state index contributed by atoms with van der Waals surface area (Å²) in [4.78, 5) is 7.87. The lowest BCUT2D eigenvalue weighted by atomic mass is 10.1. The van der Waals surface area contributed by atoms with E-state index in [2.05, 4.69) is 65.1 Å². The number of rotatable bonds is 7. The third-order valence-electron chi connectivity index (χ3n) is 4.19. The number of aliphatic imine (C=N–C) groups is 1. The molecule has 1 unspecified atom stereocenters. The lowest BCUT2D eigenvalue weighted by Gasteiger charge is -2.26. The van der Waals surface area contributed by atoms with E-state index in [1.165, 1.54) is 16.0 Å². The van der Waals surface area contributed by atoms with E-state index < -0.39 is 0 Å². The molecule has 2 N–H and O–H groups in total. The van der Waals surface area contributed by atoms with Crippen molar-refractivity contribution < 1.29 is 4.74 Å². The molecule has 5 nitrogen and oxygen atoms in total. The Morgan fingerprint density at radius 3 is 2.44 bits per heavy atom. The lowest BCUT2D eigenvalue weighted by molar-refractivity contribution is 0.298. The van der Waals surface area contributed by atoms with Crippen molar-refractivity contribution in [3.63, 3.8) is 0 Å². The number of hydrogen-bond acceptors (Lipinski definition) is 4. The van der Waals surface area contributed by atoms with Crippen molar-refractivity contribution in [2.75, 3.05) is 34.8 Å². The highest BCUT2D eigenvalue weighted by molar-refractivity contribution is 7.10. The highest BCUT2D eigenvalue weighted by Gasteiger charge is 2.15. The predicted octanol–water partition coefficient (Wildman–Crippen LogP) is 3.03. The zero-order valence-corrected chi connectivity index (χ0v) is 16.5. The first-order chi connectivity index (χ1) is 12.0. The van der Waals surface area contributed by atoms with Gasteiger partial charge in [0.1, 0.15) is 5.75 Å². The predicted molar refractivity (Wildman–Crippen MR) is 107 cm³/mol. The Morgan fingerprint density at radius 1 is 1.20 bits per heavy atom. The molecule has 25 heavy (non-hydrogen) atoms. The van der Waals surface area contributed by atoms with Crippen LogP contribution in [-0.2, 0) is 6.54 Å². The van der Waals surface area contributed by atoms with Crippen molar-refractivity contribution in [3.8, 4) is 5.75 Å². The molecule has 136 valence electrons. The molecule has 1 aromatic carbocycles. The van der Waals surface area contributed by atoms with Gasteiger partial charge in [-0.1, -0.05) is 12.1 Å². The second-order valence-corrected chi connectivity index (χ2v) is 7.09. The fourth-order valence-electron chi connectivity index (χ4n) is 2.59. The molecule has 1 aromatic heterocycles. The summed E-state index contributed by atoms with van der Waals surface area (Å²) < 4.78 is 5.24. The number of thiophene rings is 1. The Balaban J connectivity index is 1.95. The van der Waals surface area contributed by atoms with E-state index in [0.717, 1.165) is 24.8 Å². The van der Waals surface area contributed by atoms with Crippen molar-refractivity contribution in [1.29, 1.82) is 0 Å². The van der Waals surface area contributed by atoms with E-state index in [4.69, 9.17) is 4.74 Å². The number of nitrogens with one attached hydrogen (secondary N) is 2. The largest absolute Gasteiger partial charge is 0.497 e. The molecule has 0 aliphatic rings. The van der Waals surface area contributed by atoms with Crippen LogP contribution >= 0.6 is 11.3 Å². The number of ether oxygens (including phenoxy) is 1. The molecule has 2 rings (SSSR count). The van der Waals surface area contributed by atoms with Gasteiger partial charge in [0, 0.05) is 18.5 Å². The van der Waals surface area contributed by atoms with Gasteiger partial charge in [0.05, 0.1) is 19.7 Å². The second-order valence-electron chi connectivity index (χ2n) is 6.09. The van der Waals surface area contributed by atoms with Crippen LogP contribution in [0.15, 0.2) is 40.7 Å². The highest BCUT2D eigenvalue weighted by atomic mass is 32.1. The van der Waals surface area contributed by atoms with Crippen LogP contribution in [0.4, 0.5) is 0 Å². The van der Waals surface area contributed by atoms with Gasteiger partial charge in [-0.3, -0.25) is 4.99 Å². The number of nitrogens with zero attached hydrogens (tertiary/aromatic N) is 2. The van der Waals surface area contributed by atoms with Gasteiger partial charge in [-0.25, -0.2) is 0 Å². The first kappa shape index (κ1) is 19.3. The Morgan fingerprint density at radius 2 is 1.92 bits per heavy atom. The zero-order chi connectivity index (χ0) is 18.2. The molecule has 0 bridgehead atoms. The fraction of sp³-hybridized carbons (Fsp3) is 0.421. The van der Waals surface area contributed by atoms with Crippen molar-refractivity contribution >= 4 is 17.3 Å². The van der Waals surface area contributed by atoms with Crippen LogP contribution < -0.4 is 15.4 Å². The van der Waals surface area contributed by atoms with Crippen LogP contribution in [-0.4, -0.2) is 45.7 Å². The number of hydrogen-bond donors (Lipinski definition) is 2. The van der Waals surface area contributed by atoms with Gasteiger partial charge in [-0.2, -0.15) is 0 Å². The molecule has 0 saturated heterocycles. The molecule has 0 radical (unpaired) electrons. The van der Waals surface area contributed by atoms with Gasteiger partial charge in [0.15, 0.2) is 5.96 Å². The molecule has 1 atom stereocenters. The fourth-order valence-corrected chi connectivity index (χ4v) is 3.43. The number of aryl methyl sites for hydroxylation is 1. The summed E-state index contributed by atoms with van der Waals surface area (Å²) in [7, 11) is 7.66. The lowest BCUT2D eigenvalue weighted by Crippen LogP contribution is -2.41. The van der Waals surface area contributed by atoms with Gasteiger partial charge in [-0.05, 0) is 55.7 Å². The molecule has 2 aromatic rings. The minimum Gasteiger partial charge on any atom is -0.497 e. The summed E-state index contributed by atoms with van der Waals surface area (Å²) in [5, 5.41) is 8.94. The van der Waals surface area contributed by atoms with Gasteiger partial charge in [-0.15, -0.1) is 11.3 Å². The second kappa shape index (κ2) is 9.44. The molecular weight excluding hydrogens is 332 g/mol. The van der Waals surface area contributed by atoms with E-state index in [1.54, 1.807) is 25.5 Å². The van der Waals surface area contributed by atoms with Crippen molar-refractivity contribution in [3.05, 3.63) is 51.7 Å². The average Bonchev–Trinajstić information content (AvgIpc) is 3.03. The summed E-state index contributed by atoms with van der Waals surface area (Å²) in [5.41, 5.74) is 2.56. The monoisotopic (exact) mass is 360 g/mol. The quantitative estimate of drug-likeness (QED) is 0.589. The maximum absolute atomic E-state index is 5.24. The molecule has 0 aliphatic heterocycles. The molecule has 0 aliphatic carbocycles. The Bertz CT molecular complexity index is 679. The maximum Gasteiger partial charge on any atom is 0.191 e. The summed E-state index contributed by atoms with van der Waals surface area (Å²) in [6, 6.07) is 10.6. The summed E-state index contributed by atoms with van der Waals surface area (Å²) in [5.74, 6) is 1.69. The topological polar surface area (TPSA) is 48.9 Å². The standard InChI is InChI=1S/C19H28N4OS/c1-14-10-11-25-18(14)13-22-19(20-2)21-12-17(23(3)4)15-6-8-16(24-5)9-7-15/h6-11,17H,12-13H2,1-5H3,(H2,20,21,22). The van der Waals surface area contributed by atoms with Gasteiger partial charge in [0.25, 0.3) is 0 Å². The number of guanidine groups is 1. The smallest absolute Gasteiger partial charge is 0.191 e. The molecule has 1 heterocycles. The summed E-state index contributed by atoms with van der Waals surface area (Å²) in [6.45, 7) is 3.69. The van der Waals surface area contributed by atoms with Crippen LogP contribution in [0.25, 0.3) is 0 Å². The van der Waals surface area contributed by atoms with Crippen LogP contribution in [0.3, 0.4) is 0 Å². The Kier molecular flexibility index (Phi) is 7.28. The number of methoxy groups -OCH3 is 1. The minimum absolute atomic E-state index is 0.243. The van der Waals surface area contributed by atoms with Crippen LogP contribution in [0.1, 0.15) is 22.0 Å². The summed E-state index contributed by atoms with van der Waals surface area (Å²) in [6.07, 6.45) is 0. The van der Waals surface area contributed by atoms with Gasteiger partial charge < -0.3 is 20.3 Å². The third kappa shape index (κ3) is 5.47. The van der Waals surface area contributed by atoms with E-state index in [1.807, 2.05) is 12.1 Å². The van der Waals surface area contributed by atoms with Crippen LogP contribution in [0, 0.1) is 6.92 Å². The molecule has 0 fully saturated rings. The Labute approximate surface area is 154 Å². The van der Waals surface area contributed by atoms with Crippen LogP contribution in [0.2, 0.25) is 0 Å². The Hall–Kier alpha value is -2.05. The SMILES string of the molecule is CN=C(NCc1sccc1C)NCC(c1ccc(OC)cc1)N(C)C. The number of benzene rings is 1. The van der Waals surface area contributed by atoms with Crippen molar-refractivity contribution in [2.24, 2.45) is 4.99 Å². The maximum atomic E-state index is 5.24. The first-order valence-corrected chi connectivity index (χ1v) is 9.21. The normalized spacial score (nSPS) is 13.0. The van der Waals surface area contributed by atoms with E-state index in [-0.39, 0.29) is 6.04 Å². The highest BCUT2D eigenvalue weighted by Crippen LogP contribution is 2.20. The van der Waals surface area contributed by atoms with Crippen LogP contribution in [0.5, 0.6) is 5.75 Å². The van der Waals surface area contributed by atoms with E-state index in [9.17, 15) is 0 Å². The average molecular weight is 361 g/mol. The summed E-state index contributed by atoms with van der Waals surface area (Å²) >= 11 is 1.77. The minimum atomic E-state index is 0.243. The molecule has 0 amide bonds. The van der Waals surface area contributed by atoms with Gasteiger partial charge >= 0.3 is 0 Å².